The molecule has 0 heterocycles. The minimum atomic E-state index is -3.52. The van der Waals surface area contributed by atoms with Gasteiger partial charge in [0, 0.05) is 24.0 Å². The van der Waals surface area contributed by atoms with Crippen molar-refractivity contribution >= 4 is 11.4 Å². The smallest absolute Gasteiger partial charge is 0.303 e. The van der Waals surface area contributed by atoms with Crippen molar-refractivity contribution in [1.82, 2.24) is 4.72 Å². The molecule has 0 saturated heterocycles. The lowest BCUT2D eigenvalue weighted by molar-refractivity contribution is -0.186. The summed E-state index contributed by atoms with van der Waals surface area (Å²) < 4.78 is 63.3. The topological polar surface area (TPSA) is 44.3 Å². The average Bonchev–Trinajstić information content (AvgIpc) is 2.45. The highest BCUT2D eigenvalue weighted by molar-refractivity contribution is 7.90. The minimum absolute atomic E-state index is 0.0386. The molecule has 1 rings (SSSR count). The number of benzene rings is 1. The molecular weight excluding hydrogens is 339 g/mol. The lowest BCUT2D eigenvalue weighted by atomic mass is 9.90. The van der Waals surface area contributed by atoms with E-state index in [0.717, 1.165) is 13.2 Å². The number of rotatable bonds is 6. The molecule has 1 aromatic carbocycles. The Morgan fingerprint density at radius 3 is 2.17 bits per heavy atom. The fourth-order valence-electron chi connectivity index (χ4n) is 1.98. The van der Waals surface area contributed by atoms with Crippen LogP contribution in [0.4, 0.5) is 13.2 Å². The fraction of sp³-hybridized carbons (Fsp3) is 0.647. The third-order valence-corrected chi connectivity index (χ3v) is 5.62. The zero-order valence-electron chi connectivity index (χ0n) is 15.2. The van der Waals surface area contributed by atoms with Crippen LogP contribution in [0.15, 0.2) is 18.2 Å². The Hall–Kier alpha value is -0.760. The van der Waals surface area contributed by atoms with Crippen molar-refractivity contribution in [3.8, 4) is 0 Å². The molecule has 0 spiro atoms. The Balaban J connectivity index is 3.23. The van der Waals surface area contributed by atoms with Crippen LogP contribution in [0.2, 0.25) is 0 Å². The first-order chi connectivity index (χ1) is 10.8. The first kappa shape index (κ1) is 21.3. The largest absolute Gasteiger partial charge is 0.598 e. The monoisotopic (exact) mass is 365 g/mol. The zero-order chi connectivity index (χ0) is 18.9. The first-order valence-electron chi connectivity index (χ1n) is 7.65. The Kier molecular flexibility index (Phi) is 6.42. The predicted molar refractivity (Wildman–Crippen MR) is 90.8 cm³/mol. The van der Waals surface area contributed by atoms with Crippen molar-refractivity contribution in [3.63, 3.8) is 0 Å². The van der Waals surface area contributed by atoms with Crippen LogP contribution < -0.4 is 4.72 Å². The maximum Gasteiger partial charge on any atom is 0.303 e. The third-order valence-electron chi connectivity index (χ3n) is 3.94. The van der Waals surface area contributed by atoms with Gasteiger partial charge in [-0.25, -0.2) is 4.39 Å². The van der Waals surface area contributed by atoms with E-state index < -0.39 is 45.1 Å². The summed E-state index contributed by atoms with van der Waals surface area (Å²) in [5.74, 6) is -4.54. The van der Waals surface area contributed by atoms with Gasteiger partial charge in [0.05, 0.1) is 11.6 Å². The van der Waals surface area contributed by atoms with E-state index in [4.69, 9.17) is 4.74 Å². The summed E-state index contributed by atoms with van der Waals surface area (Å²) >= 11 is -1.45. The number of alkyl halides is 2. The number of methoxy groups -OCH3 is 1. The molecule has 0 saturated carbocycles. The normalized spacial score (nSPS) is 16.1. The molecule has 0 aliphatic heterocycles. The summed E-state index contributed by atoms with van der Waals surface area (Å²) in [6.45, 7) is 9.30. The van der Waals surface area contributed by atoms with Crippen LogP contribution in [-0.2, 0) is 22.0 Å². The van der Waals surface area contributed by atoms with Gasteiger partial charge in [-0.2, -0.15) is 8.78 Å². The molecule has 3 nitrogen and oxygen atoms in total. The van der Waals surface area contributed by atoms with Crippen LogP contribution in [0.5, 0.6) is 0 Å². The number of ether oxygens (including phenoxy) is 1. The number of hydrogen-bond acceptors (Lipinski definition) is 3. The predicted octanol–water partition coefficient (Wildman–Crippen LogP) is 4.46. The van der Waals surface area contributed by atoms with Crippen molar-refractivity contribution in [1.29, 1.82) is 0 Å². The molecule has 0 fully saturated rings. The summed E-state index contributed by atoms with van der Waals surface area (Å²) in [7, 11) is 1.16. The van der Waals surface area contributed by atoms with Crippen LogP contribution in [0.25, 0.3) is 0 Å². The molecule has 1 N–H and O–H groups in total. The van der Waals surface area contributed by atoms with Gasteiger partial charge in [-0.15, -0.1) is 4.72 Å². The van der Waals surface area contributed by atoms with Gasteiger partial charge >= 0.3 is 5.92 Å². The fourth-order valence-corrected chi connectivity index (χ4v) is 2.78. The molecule has 0 aliphatic carbocycles. The SMILES string of the molecule is COC(C)(C)C(F)(F)c1cccc(C(C)N[S+]([O-])C(C)(C)C)c1F. The van der Waals surface area contributed by atoms with Crippen LogP contribution in [-0.4, -0.2) is 22.0 Å². The molecule has 2 atom stereocenters. The molecule has 0 amide bonds. The van der Waals surface area contributed by atoms with Crippen molar-refractivity contribution in [2.24, 2.45) is 0 Å². The van der Waals surface area contributed by atoms with Crippen LogP contribution >= 0.6 is 0 Å². The van der Waals surface area contributed by atoms with E-state index in [-0.39, 0.29) is 5.56 Å². The zero-order valence-corrected chi connectivity index (χ0v) is 16.0. The van der Waals surface area contributed by atoms with Crippen molar-refractivity contribution < 1.29 is 22.5 Å². The maximum absolute atomic E-state index is 14.8. The Labute approximate surface area is 145 Å². The van der Waals surface area contributed by atoms with Gasteiger partial charge in [-0.05, 0) is 47.6 Å². The molecule has 1 aromatic rings. The second-order valence-corrected chi connectivity index (χ2v) is 9.22. The van der Waals surface area contributed by atoms with Crippen molar-refractivity contribution in [2.45, 2.75) is 63.9 Å². The summed E-state index contributed by atoms with van der Waals surface area (Å²) in [6.07, 6.45) is 0. The molecular formula is C17H26F3NO2S. The molecule has 2 unspecified atom stereocenters. The van der Waals surface area contributed by atoms with Crippen molar-refractivity contribution in [2.75, 3.05) is 7.11 Å². The van der Waals surface area contributed by atoms with E-state index in [1.54, 1.807) is 27.7 Å². The summed E-state index contributed by atoms with van der Waals surface area (Å²) in [5, 5.41) is 0. The van der Waals surface area contributed by atoms with Gasteiger partial charge in [0.1, 0.15) is 16.2 Å². The molecule has 138 valence electrons. The van der Waals surface area contributed by atoms with E-state index in [1.807, 2.05) is 0 Å². The van der Waals surface area contributed by atoms with E-state index in [2.05, 4.69) is 4.72 Å². The highest BCUT2D eigenvalue weighted by atomic mass is 32.2. The number of nitrogens with one attached hydrogen (secondary N) is 1. The first-order valence-corrected chi connectivity index (χ1v) is 8.80. The quantitative estimate of drug-likeness (QED) is 0.757. The van der Waals surface area contributed by atoms with Gasteiger partial charge in [0.2, 0.25) is 0 Å². The van der Waals surface area contributed by atoms with Crippen LogP contribution in [0, 0.1) is 5.82 Å². The Morgan fingerprint density at radius 2 is 1.71 bits per heavy atom. The van der Waals surface area contributed by atoms with E-state index >= 15 is 0 Å². The Morgan fingerprint density at radius 1 is 1.17 bits per heavy atom. The summed E-state index contributed by atoms with van der Waals surface area (Å²) in [4.78, 5) is 0. The summed E-state index contributed by atoms with van der Waals surface area (Å²) in [6, 6.07) is 3.14. The van der Waals surface area contributed by atoms with Gasteiger partial charge in [0.25, 0.3) is 0 Å². The minimum Gasteiger partial charge on any atom is -0.598 e. The van der Waals surface area contributed by atoms with Gasteiger partial charge in [-0.3, -0.25) is 0 Å². The number of halogens is 3. The molecule has 0 aromatic heterocycles. The van der Waals surface area contributed by atoms with Gasteiger partial charge in [-0.1, -0.05) is 12.1 Å². The van der Waals surface area contributed by atoms with Crippen molar-refractivity contribution in [3.05, 3.63) is 35.1 Å². The molecule has 0 radical (unpaired) electrons. The second kappa shape index (κ2) is 7.23. The molecule has 24 heavy (non-hydrogen) atoms. The standard InChI is InChI=1S/C17H26F3NO2S/c1-11(21-24(22)15(2,3)4)12-9-8-10-13(14(12)18)17(19,20)16(5,6)23-7/h8-11,21H,1-7H3. The molecule has 7 heteroatoms. The average molecular weight is 365 g/mol. The summed E-state index contributed by atoms with van der Waals surface area (Å²) in [5.41, 5.74) is -2.56. The highest BCUT2D eigenvalue weighted by Gasteiger charge is 2.50. The lowest BCUT2D eigenvalue weighted by Gasteiger charge is -2.33. The van der Waals surface area contributed by atoms with Gasteiger partial charge in [0.15, 0.2) is 0 Å². The van der Waals surface area contributed by atoms with E-state index in [9.17, 15) is 17.7 Å². The van der Waals surface area contributed by atoms with E-state index in [1.165, 1.54) is 26.0 Å². The van der Waals surface area contributed by atoms with Crippen LogP contribution in [0.1, 0.15) is 58.7 Å². The lowest BCUT2D eigenvalue weighted by Crippen LogP contribution is -2.43. The van der Waals surface area contributed by atoms with E-state index in [0.29, 0.717) is 0 Å². The second-order valence-electron chi connectivity index (χ2n) is 7.22. The number of hydrogen-bond donors (Lipinski definition) is 1. The van der Waals surface area contributed by atoms with Gasteiger partial charge < -0.3 is 9.29 Å². The molecule has 0 bridgehead atoms. The Bertz CT molecular complexity index is 573. The molecule has 0 aliphatic rings. The third kappa shape index (κ3) is 4.25. The highest BCUT2D eigenvalue weighted by Crippen LogP contribution is 2.42. The van der Waals surface area contributed by atoms with Crippen LogP contribution in [0.3, 0.4) is 0 Å². The maximum atomic E-state index is 14.8.